The molecule has 4 heterocycles. The summed E-state index contributed by atoms with van der Waals surface area (Å²) in [5, 5.41) is 4.34. The van der Waals surface area contributed by atoms with Gasteiger partial charge in [-0.25, -0.2) is 22.5 Å². The van der Waals surface area contributed by atoms with Crippen molar-refractivity contribution >= 4 is 67.1 Å². The molecule has 60 heavy (non-hydrogen) atoms. The first-order valence-electron chi connectivity index (χ1n) is 20.4. The monoisotopic (exact) mass is 874 g/mol. The molecule has 2 aliphatic heterocycles. The van der Waals surface area contributed by atoms with E-state index in [9.17, 15) is 13.2 Å². The minimum atomic E-state index is -4.62. The van der Waals surface area contributed by atoms with Crippen LogP contribution in [0.15, 0.2) is 89.6 Å². The number of fused-ring (bicyclic) bond motifs is 1. The minimum Gasteiger partial charge on any atom is -0.455 e. The highest BCUT2D eigenvalue weighted by Crippen LogP contribution is 2.43. The number of halogens is 3. The second-order valence-corrected chi connectivity index (χ2v) is 19.2. The van der Waals surface area contributed by atoms with Gasteiger partial charge in [0.05, 0.1) is 22.5 Å². The number of aromatic amines is 1. The molecule has 2 fully saturated rings. The highest BCUT2D eigenvalue weighted by Gasteiger charge is 2.30. The van der Waals surface area contributed by atoms with Crippen LogP contribution in [0.1, 0.15) is 61.9 Å². The van der Waals surface area contributed by atoms with Gasteiger partial charge in [-0.1, -0.05) is 54.8 Å². The second kappa shape index (κ2) is 17.7. The van der Waals surface area contributed by atoms with Crippen LogP contribution in [0, 0.1) is 17.2 Å². The quantitative estimate of drug-likeness (QED) is 0.112. The smallest absolute Gasteiger partial charge is 0.268 e. The number of nitrogens with one attached hydrogen (secondary N) is 3. The van der Waals surface area contributed by atoms with Crippen LogP contribution in [-0.2, 0) is 14.8 Å². The van der Waals surface area contributed by atoms with Gasteiger partial charge in [0.25, 0.3) is 15.9 Å². The van der Waals surface area contributed by atoms with Gasteiger partial charge in [0.15, 0.2) is 0 Å². The molecule has 0 unspecified atom stereocenters. The molecule has 2 aromatic heterocycles. The summed E-state index contributed by atoms with van der Waals surface area (Å²) < 4.78 is 56.4. The average molecular weight is 876 g/mol. The third-order valence-corrected chi connectivity index (χ3v) is 13.9. The fourth-order valence-corrected chi connectivity index (χ4v) is 9.92. The molecule has 5 aromatic rings. The van der Waals surface area contributed by atoms with Crippen LogP contribution < -0.4 is 19.7 Å². The zero-order valence-corrected chi connectivity index (χ0v) is 36.0. The number of sulfonamides is 1. The predicted molar refractivity (Wildman–Crippen MR) is 235 cm³/mol. The number of hydrogen-bond donors (Lipinski definition) is 3. The maximum atomic E-state index is 15.3. The molecule has 1 aliphatic carbocycles. The van der Waals surface area contributed by atoms with Crippen LogP contribution in [0.5, 0.6) is 11.5 Å². The first-order valence-corrected chi connectivity index (χ1v) is 22.6. The van der Waals surface area contributed by atoms with E-state index in [2.05, 4.69) is 55.8 Å². The van der Waals surface area contributed by atoms with Crippen LogP contribution in [0.2, 0.25) is 10.0 Å². The third kappa shape index (κ3) is 9.76. The Balaban J connectivity index is 0.999. The number of amides is 1. The standard InChI is InChI=1S/C45H49Cl2FN6O5S/c1-45(2)13-9-32(37(25-45)30-3-5-33(46)6-4-30)28-53-15-17-54(18-16-53)34-7-8-36(41(22-34)59-35-21-31-10-14-49-43(31)51-27-35)44(55)52-60(56,57)42-24-39(48)40(23-38(42)47)50-26-29-11-19-58-20-12-29/h3-8,10,14,21-24,27,29,50H,9,11-13,15-20,25-26,28H2,1-2H3,(H,49,51)(H,52,55). The van der Waals surface area contributed by atoms with Gasteiger partial charge in [0, 0.05) is 80.8 Å². The summed E-state index contributed by atoms with van der Waals surface area (Å²) in [7, 11) is -4.62. The van der Waals surface area contributed by atoms with Crippen LogP contribution in [-0.4, -0.2) is 81.7 Å². The Bertz CT molecular complexity index is 2520. The summed E-state index contributed by atoms with van der Waals surface area (Å²) in [6.07, 6.45) is 8.18. The number of benzene rings is 3. The van der Waals surface area contributed by atoms with Crippen LogP contribution in [0.3, 0.4) is 0 Å². The van der Waals surface area contributed by atoms with Crippen molar-refractivity contribution in [1.82, 2.24) is 19.6 Å². The number of hydrogen-bond acceptors (Lipinski definition) is 9. The fourth-order valence-electron chi connectivity index (χ4n) is 8.29. The summed E-state index contributed by atoms with van der Waals surface area (Å²) >= 11 is 12.7. The molecule has 3 aromatic carbocycles. The minimum absolute atomic E-state index is 0.0386. The van der Waals surface area contributed by atoms with Crippen molar-refractivity contribution < 1.29 is 27.1 Å². The Kier molecular flexibility index (Phi) is 12.4. The fraction of sp³-hybridized carbons (Fsp3) is 0.378. The Labute approximate surface area is 360 Å². The number of H-pyrrole nitrogens is 1. The number of anilines is 2. The molecule has 316 valence electrons. The first-order chi connectivity index (χ1) is 28.8. The Hall–Kier alpha value is -4.66. The number of rotatable bonds is 12. The second-order valence-electron chi connectivity index (χ2n) is 16.7. The summed E-state index contributed by atoms with van der Waals surface area (Å²) in [5.41, 5.74) is 5.87. The number of nitrogens with zero attached hydrogens (tertiary/aromatic N) is 3. The number of pyridine rings is 1. The van der Waals surface area contributed by atoms with E-state index in [0.717, 1.165) is 87.0 Å². The van der Waals surface area contributed by atoms with E-state index in [1.165, 1.54) is 29.0 Å². The SMILES string of the molecule is CC1(C)CCC(CN2CCN(c3ccc(C(=O)NS(=O)(=O)c4cc(F)c(NCC5CCOCC5)cc4Cl)c(Oc4cnc5[nH]ccc5c4)c3)CC2)=C(c2ccc(Cl)cc2)C1. The van der Waals surface area contributed by atoms with Gasteiger partial charge in [0.1, 0.15) is 27.9 Å². The van der Waals surface area contributed by atoms with Crippen molar-refractivity contribution in [1.29, 1.82) is 0 Å². The molecule has 15 heteroatoms. The van der Waals surface area contributed by atoms with E-state index in [1.54, 1.807) is 30.5 Å². The molecular formula is C45H49Cl2FN6O5S. The Morgan fingerprint density at radius 3 is 2.55 bits per heavy atom. The molecule has 0 spiro atoms. The lowest BCUT2D eigenvalue weighted by atomic mass is 9.72. The van der Waals surface area contributed by atoms with Crippen molar-refractivity contribution in [3.63, 3.8) is 0 Å². The largest absolute Gasteiger partial charge is 0.455 e. The van der Waals surface area contributed by atoms with Gasteiger partial charge in [-0.2, -0.15) is 0 Å². The van der Waals surface area contributed by atoms with E-state index in [-0.39, 0.29) is 27.4 Å². The molecule has 0 atom stereocenters. The maximum Gasteiger partial charge on any atom is 0.268 e. The van der Waals surface area contributed by atoms with Crippen molar-refractivity contribution in [3.8, 4) is 11.5 Å². The molecule has 3 N–H and O–H groups in total. The van der Waals surface area contributed by atoms with Gasteiger partial charge in [-0.05, 0) is 103 Å². The average Bonchev–Trinajstić information content (AvgIpc) is 3.70. The number of ether oxygens (including phenoxy) is 2. The number of carbonyl (C=O) groups excluding carboxylic acids is 1. The Morgan fingerprint density at radius 1 is 1.02 bits per heavy atom. The number of aromatic nitrogens is 2. The van der Waals surface area contributed by atoms with Gasteiger partial charge in [0.2, 0.25) is 0 Å². The topological polar surface area (TPSA) is 129 Å². The molecule has 0 bridgehead atoms. The van der Waals surface area contributed by atoms with Crippen LogP contribution >= 0.6 is 23.2 Å². The van der Waals surface area contributed by atoms with Gasteiger partial charge in [-0.15, -0.1) is 0 Å². The van der Waals surface area contributed by atoms with E-state index in [1.807, 2.05) is 18.2 Å². The van der Waals surface area contributed by atoms with Crippen molar-refractivity contribution in [2.24, 2.45) is 11.3 Å². The predicted octanol–water partition coefficient (Wildman–Crippen LogP) is 9.54. The Morgan fingerprint density at radius 2 is 1.78 bits per heavy atom. The van der Waals surface area contributed by atoms with Gasteiger partial charge in [-0.3, -0.25) is 9.69 Å². The number of allylic oxidation sites excluding steroid dienone is 1. The summed E-state index contributed by atoms with van der Waals surface area (Å²) in [4.78, 5) is 25.5. The lowest BCUT2D eigenvalue weighted by Gasteiger charge is -2.39. The van der Waals surface area contributed by atoms with Crippen molar-refractivity contribution in [2.45, 2.75) is 50.8 Å². The van der Waals surface area contributed by atoms with Crippen LogP contribution in [0.25, 0.3) is 16.6 Å². The molecule has 8 rings (SSSR count). The molecule has 3 aliphatic rings. The van der Waals surface area contributed by atoms with Gasteiger partial charge < -0.3 is 24.7 Å². The lowest BCUT2D eigenvalue weighted by molar-refractivity contribution is 0.0699. The van der Waals surface area contributed by atoms with Crippen molar-refractivity contribution in [2.75, 3.05) is 62.7 Å². The summed E-state index contributed by atoms with van der Waals surface area (Å²) in [6.45, 7) is 10.5. The van der Waals surface area contributed by atoms with E-state index in [4.69, 9.17) is 32.7 Å². The zero-order chi connectivity index (χ0) is 42.0. The lowest BCUT2D eigenvalue weighted by Crippen LogP contribution is -2.47. The highest BCUT2D eigenvalue weighted by atomic mass is 35.5. The first kappa shape index (κ1) is 42.0. The molecule has 1 amide bonds. The summed E-state index contributed by atoms with van der Waals surface area (Å²) in [6, 6.07) is 18.9. The van der Waals surface area contributed by atoms with E-state index in [0.29, 0.717) is 37.1 Å². The molecule has 11 nitrogen and oxygen atoms in total. The van der Waals surface area contributed by atoms with E-state index >= 15 is 4.39 Å². The highest BCUT2D eigenvalue weighted by molar-refractivity contribution is 7.90. The molecule has 2 saturated heterocycles. The van der Waals surface area contributed by atoms with Crippen LogP contribution in [0.4, 0.5) is 15.8 Å². The van der Waals surface area contributed by atoms with Gasteiger partial charge >= 0.3 is 0 Å². The number of carbonyl (C=O) groups is 1. The summed E-state index contributed by atoms with van der Waals surface area (Å²) in [5.74, 6) is -0.987. The van der Waals surface area contributed by atoms with Crippen molar-refractivity contribution in [3.05, 3.63) is 112 Å². The molecule has 0 saturated carbocycles. The molecular weight excluding hydrogens is 827 g/mol. The normalized spacial score (nSPS) is 17.9. The molecule has 0 radical (unpaired) electrons. The zero-order valence-electron chi connectivity index (χ0n) is 33.7. The third-order valence-electron chi connectivity index (χ3n) is 11.8. The maximum absolute atomic E-state index is 15.3. The van der Waals surface area contributed by atoms with E-state index < -0.39 is 26.6 Å². The number of piperazine rings is 1.